The number of nitrogens with zero attached hydrogens (tertiary/aromatic N) is 1. The maximum atomic E-state index is 11.3. The van der Waals surface area contributed by atoms with Gasteiger partial charge in [-0.3, -0.25) is 4.79 Å². The molecular weight excluding hydrogens is 210 g/mol. The van der Waals surface area contributed by atoms with Crippen LogP contribution in [-0.4, -0.2) is 23.9 Å². The van der Waals surface area contributed by atoms with Gasteiger partial charge in [-0.25, -0.2) is 0 Å². The number of hydrogen-bond acceptors (Lipinski definition) is 1. The minimum atomic E-state index is 0.280. The molecule has 0 unspecified atom stereocenters. The second-order valence-corrected chi connectivity index (χ2v) is 3.40. The summed E-state index contributed by atoms with van der Waals surface area (Å²) in [6, 6.07) is 0. The standard InChI is InChI=1S/C11H17NO.2C2H6/c1-3-5-10-6-8-12(9-7-10)11(13)4-2;2*1-2/h10H,4,6-9H2,1-2H3;2*1-2H3. The van der Waals surface area contributed by atoms with Crippen LogP contribution in [0.3, 0.4) is 0 Å². The molecule has 0 bridgehead atoms. The molecule has 0 atom stereocenters. The molecule has 1 fully saturated rings. The predicted molar refractivity (Wildman–Crippen MR) is 75.7 cm³/mol. The van der Waals surface area contributed by atoms with Crippen LogP contribution in [0.15, 0.2) is 0 Å². The number of piperidine rings is 1. The van der Waals surface area contributed by atoms with Crippen molar-refractivity contribution in [3.63, 3.8) is 0 Å². The highest BCUT2D eigenvalue weighted by Gasteiger charge is 2.19. The van der Waals surface area contributed by atoms with Gasteiger partial charge in [-0.2, -0.15) is 0 Å². The molecule has 0 aliphatic carbocycles. The SMILES string of the molecule is CC.CC.CC#CC1CCN(C(=O)CC)CC1. The first-order chi connectivity index (χ1) is 8.27. The van der Waals surface area contributed by atoms with Gasteiger partial charge in [-0.05, 0) is 19.8 Å². The van der Waals surface area contributed by atoms with Gasteiger partial charge in [-0.15, -0.1) is 11.8 Å². The zero-order valence-corrected chi connectivity index (χ0v) is 12.5. The molecule has 1 saturated heterocycles. The molecule has 1 rings (SSSR count). The average molecular weight is 239 g/mol. The van der Waals surface area contributed by atoms with E-state index in [1.165, 1.54) is 0 Å². The van der Waals surface area contributed by atoms with Crippen LogP contribution in [0.4, 0.5) is 0 Å². The number of carbonyl (C=O) groups excluding carboxylic acids is 1. The highest BCUT2D eigenvalue weighted by molar-refractivity contribution is 5.75. The van der Waals surface area contributed by atoms with Gasteiger partial charge in [0.2, 0.25) is 5.91 Å². The summed E-state index contributed by atoms with van der Waals surface area (Å²) in [7, 11) is 0. The lowest BCUT2D eigenvalue weighted by Gasteiger charge is -2.29. The zero-order chi connectivity index (χ0) is 13.7. The maximum absolute atomic E-state index is 11.3. The molecule has 0 aromatic rings. The van der Waals surface area contributed by atoms with Gasteiger partial charge in [0.05, 0.1) is 0 Å². The molecule has 100 valence electrons. The second-order valence-electron chi connectivity index (χ2n) is 3.40. The van der Waals surface area contributed by atoms with Crippen LogP contribution in [0.1, 0.15) is 60.8 Å². The highest BCUT2D eigenvalue weighted by Crippen LogP contribution is 2.16. The van der Waals surface area contributed by atoms with Crippen LogP contribution in [0.25, 0.3) is 0 Å². The Morgan fingerprint density at radius 1 is 1.18 bits per heavy atom. The molecule has 0 spiro atoms. The lowest BCUT2D eigenvalue weighted by molar-refractivity contribution is -0.131. The largest absolute Gasteiger partial charge is 0.343 e. The van der Waals surface area contributed by atoms with Crippen LogP contribution in [-0.2, 0) is 4.79 Å². The van der Waals surface area contributed by atoms with Crippen molar-refractivity contribution in [3.8, 4) is 11.8 Å². The molecule has 0 radical (unpaired) electrons. The van der Waals surface area contributed by atoms with Crippen molar-refractivity contribution in [3.05, 3.63) is 0 Å². The summed E-state index contributed by atoms with van der Waals surface area (Å²) in [5.41, 5.74) is 0. The van der Waals surface area contributed by atoms with Crippen molar-refractivity contribution < 1.29 is 4.79 Å². The third kappa shape index (κ3) is 7.85. The van der Waals surface area contributed by atoms with Crippen LogP contribution >= 0.6 is 0 Å². The normalized spacial score (nSPS) is 14.4. The van der Waals surface area contributed by atoms with Crippen molar-refractivity contribution in [1.82, 2.24) is 4.90 Å². The summed E-state index contributed by atoms with van der Waals surface area (Å²) in [6.45, 7) is 13.6. The van der Waals surface area contributed by atoms with E-state index in [2.05, 4.69) is 11.8 Å². The first-order valence-electron chi connectivity index (χ1n) is 6.98. The Hall–Kier alpha value is -0.970. The van der Waals surface area contributed by atoms with Crippen molar-refractivity contribution in [2.24, 2.45) is 5.92 Å². The van der Waals surface area contributed by atoms with E-state index in [1.807, 2.05) is 46.4 Å². The molecule has 2 heteroatoms. The molecule has 2 nitrogen and oxygen atoms in total. The Morgan fingerprint density at radius 3 is 2.00 bits per heavy atom. The first kappa shape index (κ1) is 18.4. The van der Waals surface area contributed by atoms with Gasteiger partial charge in [0.25, 0.3) is 0 Å². The van der Waals surface area contributed by atoms with Crippen molar-refractivity contribution >= 4 is 5.91 Å². The van der Waals surface area contributed by atoms with E-state index in [-0.39, 0.29) is 5.91 Å². The topological polar surface area (TPSA) is 20.3 Å². The molecule has 0 aromatic carbocycles. The smallest absolute Gasteiger partial charge is 0.222 e. The van der Waals surface area contributed by atoms with Gasteiger partial charge in [0.15, 0.2) is 0 Å². The molecule has 0 N–H and O–H groups in total. The Labute approximate surface area is 108 Å². The Balaban J connectivity index is 0. The van der Waals surface area contributed by atoms with Gasteiger partial charge in [0.1, 0.15) is 0 Å². The van der Waals surface area contributed by atoms with Crippen LogP contribution in [0, 0.1) is 17.8 Å². The second kappa shape index (κ2) is 13.1. The summed E-state index contributed by atoms with van der Waals surface area (Å²) in [4.78, 5) is 13.3. The summed E-state index contributed by atoms with van der Waals surface area (Å²) in [6.07, 6.45) is 2.73. The van der Waals surface area contributed by atoms with Crippen LogP contribution < -0.4 is 0 Å². The third-order valence-corrected chi connectivity index (χ3v) is 2.50. The molecule has 1 aliphatic heterocycles. The van der Waals surface area contributed by atoms with E-state index >= 15 is 0 Å². The number of amides is 1. The van der Waals surface area contributed by atoms with Gasteiger partial charge < -0.3 is 4.90 Å². The van der Waals surface area contributed by atoms with E-state index < -0.39 is 0 Å². The quantitative estimate of drug-likeness (QED) is 0.639. The lowest BCUT2D eigenvalue weighted by Crippen LogP contribution is -2.37. The van der Waals surface area contributed by atoms with E-state index in [0.717, 1.165) is 25.9 Å². The van der Waals surface area contributed by atoms with Crippen molar-refractivity contribution in [2.45, 2.75) is 60.8 Å². The molecule has 1 amide bonds. The Kier molecular flexibility index (Phi) is 14.2. The van der Waals surface area contributed by atoms with E-state index in [4.69, 9.17) is 0 Å². The minimum Gasteiger partial charge on any atom is -0.343 e. The van der Waals surface area contributed by atoms with Crippen molar-refractivity contribution in [2.75, 3.05) is 13.1 Å². The number of rotatable bonds is 1. The molecular formula is C15H29NO. The van der Waals surface area contributed by atoms with Crippen molar-refractivity contribution in [1.29, 1.82) is 0 Å². The molecule has 0 aromatic heterocycles. The molecule has 17 heavy (non-hydrogen) atoms. The third-order valence-electron chi connectivity index (χ3n) is 2.50. The fourth-order valence-corrected chi connectivity index (χ4v) is 1.70. The first-order valence-corrected chi connectivity index (χ1v) is 6.98. The maximum Gasteiger partial charge on any atom is 0.222 e. The summed E-state index contributed by atoms with van der Waals surface area (Å²) in [5.74, 6) is 6.92. The summed E-state index contributed by atoms with van der Waals surface area (Å²) >= 11 is 0. The lowest BCUT2D eigenvalue weighted by atomic mass is 9.97. The van der Waals surface area contributed by atoms with Gasteiger partial charge in [-0.1, -0.05) is 34.6 Å². The Bertz CT molecular complexity index is 229. The van der Waals surface area contributed by atoms with E-state index in [0.29, 0.717) is 12.3 Å². The number of likely N-dealkylation sites (tertiary alicyclic amines) is 1. The minimum absolute atomic E-state index is 0.280. The van der Waals surface area contributed by atoms with Crippen LogP contribution in [0.2, 0.25) is 0 Å². The molecule has 1 heterocycles. The van der Waals surface area contributed by atoms with Gasteiger partial charge in [0, 0.05) is 25.4 Å². The van der Waals surface area contributed by atoms with E-state index in [9.17, 15) is 4.79 Å². The average Bonchev–Trinajstić information content (AvgIpc) is 2.43. The monoisotopic (exact) mass is 239 g/mol. The predicted octanol–water partition coefficient (Wildman–Crippen LogP) is 3.71. The zero-order valence-electron chi connectivity index (χ0n) is 12.5. The van der Waals surface area contributed by atoms with Crippen LogP contribution in [0.5, 0.6) is 0 Å². The summed E-state index contributed by atoms with van der Waals surface area (Å²) < 4.78 is 0. The van der Waals surface area contributed by atoms with Gasteiger partial charge >= 0.3 is 0 Å². The molecule has 1 aliphatic rings. The number of carbonyl (C=O) groups is 1. The Morgan fingerprint density at radius 2 is 1.65 bits per heavy atom. The molecule has 0 saturated carbocycles. The number of hydrogen-bond donors (Lipinski definition) is 0. The summed E-state index contributed by atoms with van der Waals surface area (Å²) in [5, 5.41) is 0. The highest BCUT2D eigenvalue weighted by atomic mass is 16.2. The van der Waals surface area contributed by atoms with E-state index in [1.54, 1.807) is 0 Å². The fraction of sp³-hybridized carbons (Fsp3) is 0.800. The fourth-order valence-electron chi connectivity index (χ4n) is 1.70.